The Labute approximate surface area is 199 Å². The van der Waals surface area contributed by atoms with E-state index in [4.69, 9.17) is 11.6 Å². The minimum absolute atomic E-state index is 0.0571. The highest BCUT2D eigenvalue weighted by Gasteiger charge is 2.21. The van der Waals surface area contributed by atoms with Gasteiger partial charge in [-0.05, 0) is 54.7 Å². The Balaban J connectivity index is 1.64. The van der Waals surface area contributed by atoms with E-state index in [1.54, 1.807) is 0 Å². The van der Waals surface area contributed by atoms with Crippen molar-refractivity contribution in [3.8, 4) is 17.1 Å². The van der Waals surface area contributed by atoms with Crippen LogP contribution in [-0.2, 0) is 4.79 Å². The van der Waals surface area contributed by atoms with E-state index >= 15 is 0 Å². The average molecular weight is 469 g/mol. The van der Waals surface area contributed by atoms with Gasteiger partial charge in [0, 0.05) is 16.6 Å². The van der Waals surface area contributed by atoms with Gasteiger partial charge in [0.25, 0.3) is 0 Å². The second-order valence-electron chi connectivity index (χ2n) is 8.55. The molecule has 0 radical (unpaired) electrons. The molecule has 1 heterocycles. The molecule has 1 fully saturated rings. The first-order valence-corrected chi connectivity index (χ1v) is 12.6. The fourth-order valence-corrected chi connectivity index (χ4v) is 5.07. The summed E-state index contributed by atoms with van der Waals surface area (Å²) in [6, 6.07) is 16.2. The maximum Gasteiger partial charge on any atom is 0.230 e. The van der Waals surface area contributed by atoms with Crippen LogP contribution in [0.1, 0.15) is 57.4 Å². The zero-order valence-electron chi connectivity index (χ0n) is 18.6. The normalized spacial score (nSPS) is 14.6. The highest BCUT2D eigenvalue weighted by Crippen LogP contribution is 2.32. The lowest BCUT2D eigenvalue weighted by molar-refractivity contribution is -0.119. The quantitative estimate of drug-likeness (QED) is 0.416. The number of nitrogens with one attached hydrogen (secondary N) is 1. The zero-order chi connectivity index (χ0) is 22.5. The third kappa shape index (κ3) is 5.36. The van der Waals surface area contributed by atoms with Gasteiger partial charge in [0.15, 0.2) is 11.0 Å². The lowest BCUT2D eigenvalue weighted by Crippen LogP contribution is -2.37. The van der Waals surface area contributed by atoms with Gasteiger partial charge in [0.1, 0.15) is 0 Å². The smallest absolute Gasteiger partial charge is 0.230 e. The predicted octanol–water partition coefficient (Wildman–Crippen LogP) is 6.25. The summed E-state index contributed by atoms with van der Waals surface area (Å²) in [5.74, 6) is 1.45. The van der Waals surface area contributed by atoms with E-state index < -0.39 is 0 Å². The molecule has 1 N–H and O–H groups in total. The zero-order valence-corrected chi connectivity index (χ0v) is 20.1. The molecule has 1 amide bonds. The van der Waals surface area contributed by atoms with E-state index in [2.05, 4.69) is 52.1 Å². The Hall–Kier alpha value is -2.31. The highest BCUT2D eigenvalue weighted by molar-refractivity contribution is 7.99. The van der Waals surface area contributed by atoms with Crippen molar-refractivity contribution in [1.29, 1.82) is 0 Å². The molecule has 0 saturated heterocycles. The Kier molecular flexibility index (Phi) is 7.53. The standard InChI is InChI=1S/C25H29ClN4OS/c1-17(2)21-10-6-7-11-22(21)30-24(18-12-14-19(26)15-13-18)28-29-25(30)32-16-23(31)27-20-8-4-3-5-9-20/h6-7,10-15,17,20H,3-5,8-9,16H2,1-2H3,(H,27,31). The van der Waals surface area contributed by atoms with Crippen molar-refractivity contribution in [2.45, 2.75) is 63.1 Å². The first kappa shape index (κ1) is 22.9. The lowest BCUT2D eigenvalue weighted by atomic mass is 9.95. The van der Waals surface area contributed by atoms with Crippen LogP contribution in [0.5, 0.6) is 0 Å². The van der Waals surface area contributed by atoms with Gasteiger partial charge in [-0.2, -0.15) is 0 Å². The molecule has 1 aliphatic carbocycles. The number of thioether (sulfide) groups is 1. The molecule has 5 nitrogen and oxygen atoms in total. The molecule has 1 aromatic heterocycles. The Bertz CT molecular complexity index is 1060. The Morgan fingerprint density at radius 2 is 1.81 bits per heavy atom. The van der Waals surface area contributed by atoms with Crippen LogP contribution in [0.25, 0.3) is 17.1 Å². The van der Waals surface area contributed by atoms with Gasteiger partial charge in [-0.1, -0.05) is 74.7 Å². The minimum Gasteiger partial charge on any atom is -0.353 e. The fraction of sp³-hybridized carbons (Fsp3) is 0.400. The molecule has 0 bridgehead atoms. The highest BCUT2D eigenvalue weighted by atomic mass is 35.5. The summed E-state index contributed by atoms with van der Waals surface area (Å²) in [5.41, 5.74) is 3.17. The SMILES string of the molecule is CC(C)c1ccccc1-n1c(SCC(=O)NC2CCCCC2)nnc1-c1ccc(Cl)cc1. The van der Waals surface area contributed by atoms with Crippen LogP contribution in [0.3, 0.4) is 0 Å². The van der Waals surface area contributed by atoms with Crippen LogP contribution >= 0.6 is 23.4 Å². The van der Waals surface area contributed by atoms with Crippen molar-refractivity contribution in [1.82, 2.24) is 20.1 Å². The van der Waals surface area contributed by atoms with Crippen molar-refractivity contribution in [2.75, 3.05) is 5.75 Å². The van der Waals surface area contributed by atoms with Crippen molar-refractivity contribution in [2.24, 2.45) is 0 Å². The molecular weight excluding hydrogens is 440 g/mol. The summed E-state index contributed by atoms with van der Waals surface area (Å²) in [4.78, 5) is 12.6. The molecule has 0 spiro atoms. The third-order valence-electron chi connectivity index (χ3n) is 5.84. The predicted molar refractivity (Wildman–Crippen MR) is 132 cm³/mol. The molecule has 4 rings (SSSR count). The topological polar surface area (TPSA) is 59.8 Å². The average Bonchev–Trinajstić information content (AvgIpc) is 3.22. The molecular formula is C25H29ClN4OS. The molecule has 0 unspecified atom stereocenters. The summed E-state index contributed by atoms with van der Waals surface area (Å²) in [5, 5.41) is 13.6. The Morgan fingerprint density at radius 3 is 2.53 bits per heavy atom. The summed E-state index contributed by atoms with van der Waals surface area (Å²) < 4.78 is 2.07. The second-order valence-corrected chi connectivity index (χ2v) is 9.93. The number of hydrogen-bond acceptors (Lipinski definition) is 4. The largest absolute Gasteiger partial charge is 0.353 e. The molecule has 0 atom stereocenters. The number of nitrogens with zero attached hydrogens (tertiary/aromatic N) is 3. The van der Waals surface area contributed by atoms with E-state index in [9.17, 15) is 4.79 Å². The molecule has 1 saturated carbocycles. The molecule has 3 aromatic rings. The number of carbonyl (C=O) groups is 1. The van der Waals surface area contributed by atoms with Gasteiger partial charge in [-0.15, -0.1) is 10.2 Å². The first-order valence-electron chi connectivity index (χ1n) is 11.3. The number of amides is 1. The van der Waals surface area contributed by atoms with Gasteiger partial charge in [0.05, 0.1) is 11.4 Å². The fourth-order valence-electron chi connectivity index (χ4n) is 4.19. The number of hydrogen-bond donors (Lipinski definition) is 1. The summed E-state index contributed by atoms with van der Waals surface area (Å²) >= 11 is 7.53. The van der Waals surface area contributed by atoms with Gasteiger partial charge < -0.3 is 5.32 Å². The van der Waals surface area contributed by atoms with E-state index in [0.29, 0.717) is 27.9 Å². The van der Waals surface area contributed by atoms with Crippen LogP contribution in [0.4, 0.5) is 0 Å². The van der Waals surface area contributed by atoms with Crippen LogP contribution in [0.2, 0.25) is 5.02 Å². The number of para-hydroxylation sites is 1. The maximum atomic E-state index is 12.6. The summed E-state index contributed by atoms with van der Waals surface area (Å²) in [6.45, 7) is 4.35. The van der Waals surface area contributed by atoms with Gasteiger partial charge in [-0.25, -0.2) is 0 Å². The van der Waals surface area contributed by atoms with Crippen LogP contribution < -0.4 is 5.32 Å². The number of carbonyl (C=O) groups excluding carboxylic acids is 1. The molecule has 168 valence electrons. The van der Waals surface area contributed by atoms with E-state index in [1.165, 1.54) is 36.6 Å². The number of aromatic nitrogens is 3. The second kappa shape index (κ2) is 10.5. The van der Waals surface area contributed by atoms with Crippen LogP contribution in [0.15, 0.2) is 53.7 Å². The van der Waals surface area contributed by atoms with E-state index in [1.807, 2.05) is 30.3 Å². The van der Waals surface area contributed by atoms with Gasteiger partial charge in [-0.3, -0.25) is 9.36 Å². The maximum absolute atomic E-state index is 12.6. The minimum atomic E-state index is 0.0571. The molecule has 7 heteroatoms. The van der Waals surface area contributed by atoms with Crippen molar-refractivity contribution >= 4 is 29.3 Å². The number of benzene rings is 2. The Morgan fingerprint density at radius 1 is 1.09 bits per heavy atom. The van der Waals surface area contributed by atoms with Crippen molar-refractivity contribution < 1.29 is 4.79 Å². The summed E-state index contributed by atoms with van der Waals surface area (Å²) in [6.07, 6.45) is 5.82. The number of rotatable bonds is 7. The van der Waals surface area contributed by atoms with Crippen LogP contribution in [0, 0.1) is 0 Å². The van der Waals surface area contributed by atoms with E-state index in [-0.39, 0.29) is 5.91 Å². The van der Waals surface area contributed by atoms with Gasteiger partial charge >= 0.3 is 0 Å². The lowest BCUT2D eigenvalue weighted by Gasteiger charge is -2.22. The monoisotopic (exact) mass is 468 g/mol. The van der Waals surface area contributed by atoms with Crippen molar-refractivity contribution in [3.05, 3.63) is 59.1 Å². The van der Waals surface area contributed by atoms with Crippen LogP contribution in [-0.4, -0.2) is 32.5 Å². The molecule has 32 heavy (non-hydrogen) atoms. The van der Waals surface area contributed by atoms with Gasteiger partial charge in [0.2, 0.25) is 5.91 Å². The molecule has 2 aromatic carbocycles. The molecule has 1 aliphatic rings. The van der Waals surface area contributed by atoms with E-state index in [0.717, 1.165) is 29.9 Å². The van der Waals surface area contributed by atoms with Crippen molar-refractivity contribution in [3.63, 3.8) is 0 Å². The third-order valence-corrected chi connectivity index (χ3v) is 7.02. The first-order chi connectivity index (χ1) is 15.5. The molecule has 0 aliphatic heterocycles. The summed E-state index contributed by atoms with van der Waals surface area (Å²) in [7, 11) is 0. The number of halogens is 1.